The predicted molar refractivity (Wildman–Crippen MR) is 203 cm³/mol. The summed E-state index contributed by atoms with van der Waals surface area (Å²) in [7, 11) is 0. The molecule has 9 rings (SSSR count). The van der Waals surface area contributed by atoms with Gasteiger partial charge >= 0.3 is 0 Å². The Kier molecular flexibility index (Phi) is 7.41. The lowest BCUT2D eigenvalue weighted by molar-refractivity contribution is 1.18. The summed E-state index contributed by atoms with van der Waals surface area (Å²) >= 11 is 0. The van der Waals surface area contributed by atoms with Gasteiger partial charge in [0.05, 0.1) is 34.2 Å². The fraction of sp³-hybridized carbons (Fsp3) is 0. The number of aromatic nitrogens is 5. The lowest BCUT2D eigenvalue weighted by Gasteiger charge is -2.12. The molecule has 0 aliphatic rings. The maximum absolute atomic E-state index is 5.16. The van der Waals surface area contributed by atoms with E-state index >= 15 is 0 Å². The second-order valence-electron chi connectivity index (χ2n) is 12.2. The van der Waals surface area contributed by atoms with Crippen LogP contribution in [0.15, 0.2) is 176 Å². The molecule has 50 heavy (non-hydrogen) atoms. The van der Waals surface area contributed by atoms with Gasteiger partial charge in [-0.1, -0.05) is 109 Å². The van der Waals surface area contributed by atoms with E-state index in [0.717, 1.165) is 72.8 Å². The number of benzene rings is 5. The topological polar surface area (TPSA) is 64.5 Å². The third-order valence-electron chi connectivity index (χ3n) is 8.96. The van der Waals surface area contributed by atoms with Crippen molar-refractivity contribution in [1.82, 2.24) is 24.9 Å². The van der Waals surface area contributed by atoms with Crippen LogP contribution < -0.4 is 0 Å². The van der Waals surface area contributed by atoms with Crippen LogP contribution in [0.1, 0.15) is 0 Å². The second kappa shape index (κ2) is 12.6. The molecule has 4 aromatic heterocycles. The van der Waals surface area contributed by atoms with Crippen LogP contribution in [0.25, 0.3) is 89.4 Å². The summed E-state index contributed by atoms with van der Waals surface area (Å²) in [5.74, 6) is 0.663. The maximum Gasteiger partial charge on any atom is 0.160 e. The Bertz CT molecular complexity index is 2500. The van der Waals surface area contributed by atoms with Crippen molar-refractivity contribution in [2.75, 3.05) is 0 Å². The van der Waals surface area contributed by atoms with E-state index in [0.29, 0.717) is 5.82 Å². The Balaban J connectivity index is 1.20. The molecule has 0 N–H and O–H groups in total. The summed E-state index contributed by atoms with van der Waals surface area (Å²) in [6, 6.07) is 56.1. The fourth-order valence-electron chi connectivity index (χ4n) is 6.38. The summed E-state index contributed by atoms with van der Waals surface area (Å²) in [4.78, 5) is 24.8. The molecule has 4 heterocycles. The molecule has 5 aromatic carbocycles. The zero-order valence-electron chi connectivity index (χ0n) is 27.0. The molecule has 9 aromatic rings. The van der Waals surface area contributed by atoms with E-state index < -0.39 is 0 Å². The van der Waals surface area contributed by atoms with Gasteiger partial charge in [0.2, 0.25) is 0 Å². The highest BCUT2D eigenvalue weighted by Crippen LogP contribution is 2.33. The van der Waals surface area contributed by atoms with Crippen LogP contribution in [0.5, 0.6) is 0 Å². The van der Waals surface area contributed by atoms with Gasteiger partial charge in [-0.3, -0.25) is 9.97 Å². The van der Waals surface area contributed by atoms with E-state index in [1.54, 1.807) is 6.20 Å². The van der Waals surface area contributed by atoms with Crippen molar-refractivity contribution in [3.05, 3.63) is 176 Å². The molecular formula is C45H29N5. The fourth-order valence-corrected chi connectivity index (χ4v) is 6.38. The van der Waals surface area contributed by atoms with Gasteiger partial charge in [-0.15, -0.1) is 0 Å². The zero-order valence-corrected chi connectivity index (χ0v) is 27.0. The van der Waals surface area contributed by atoms with Crippen molar-refractivity contribution in [2.45, 2.75) is 0 Å². The Morgan fingerprint density at radius 2 is 0.820 bits per heavy atom. The first-order valence-corrected chi connectivity index (χ1v) is 16.6. The molecule has 0 bridgehead atoms. The number of pyridine rings is 3. The third-order valence-corrected chi connectivity index (χ3v) is 8.96. The van der Waals surface area contributed by atoms with Crippen LogP contribution in [0.4, 0.5) is 0 Å². The SMILES string of the molecule is c1ccc(-c2cc(-c3ccccn3)nc(-c3cc(-c4cc(-c5ccc6ccccc6c5)nc(-c5ccc6ccccc6c5)n4)ccn3)c2)cc1. The summed E-state index contributed by atoms with van der Waals surface area (Å²) in [5, 5.41) is 4.67. The number of fused-ring (bicyclic) bond motifs is 2. The van der Waals surface area contributed by atoms with Gasteiger partial charge < -0.3 is 0 Å². The monoisotopic (exact) mass is 639 g/mol. The van der Waals surface area contributed by atoms with Gasteiger partial charge in [0.15, 0.2) is 5.82 Å². The summed E-state index contributed by atoms with van der Waals surface area (Å²) in [5.41, 5.74) is 9.80. The standard InChI is InChI=1S/C45H29N5/c1-2-10-30(11-3-1)38-27-43(39-16-8-9-22-46-39)48-44(28-38)42-26-36(21-23-47-42)41-29-40(35-19-17-31-12-4-6-14-33(31)24-35)49-45(50-41)37-20-18-32-13-5-7-15-34(32)25-37/h1-29H. The minimum absolute atomic E-state index is 0.663. The van der Waals surface area contributed by atoms with E-state index in [2.05, 4.69) is 126 Å². The van der Waals surface area contributed by atoms with E-state index in [-0.39, 0.29) is 0 Å². The molecule has 0 unspecified atom stereocenters. The number of rotatable bonds is 6. The molecule has 0 aliphatic carbocycles. The number of hydrogen-bond donors (Lipinski definition) is 0. The first-order valence-electron chi connectivity index (χ1n) is 16.6. The van der Waals surface area contributed by atoms with Crippen LogP contribution in [0.2, 0.25) is 0 Å². The van der Waals surface area contributed by atoms with Gasteiger partial charge in [-0.2, -0.15) is 0 Å². The van der Waals surface area contributed by atoms with Gasteiger partial charge in [-0.05, 0) is 87.3 Å². The molecule has 0 aliphatic heterocycles. The van der Waals surface area contributed by atoms with Crippen molar-refractivity contribution in [2.24, 2.45) is 0 Å². The van der Waals surface area contributed by atoms with Crippen molar-refractivity contribution in [3.8, 4) is 67.8 Å². The Morgan fingerprint density at radius 1 is 0.260 bits per heavy atom. The summed E-state index contributed by atoms with van der Waals surface area (Å²) < 4.78 is 0. The second-order valence-corrected chi connectivity index (χ2v) is 12.2. The van der Waals surface area contributed by atoms with Crippen molar-refractivity contribution in [1.29, 1.82) is 0 Å². The highest BCUT2D eigenvalue weighted by molar-refractivity contribution is 5.89. The molecule has 5 heteroatoms. The minimum atomic E-state index is 0.663. The third kappa shape index (κ3) is 5.78. The predicted octanol–water partition coefficient (Wildman–Crippen LogP) is 11.0. The molecule has 234 valence electrons. The number of nitrogens with zero attached hydrogens (tertiary/aromatic N) is 5. The van der Waals surface area contributed by atoms with Gasteiger partial charge in [0, 0.05) is 29.1 Å². The van der Waals surface area contributed by atoms with Crippen LogP contribution in [-0.2, 0) is 0 Å². The largest absolute Gasteiger partial charge is 0.255 e. The average Bonchev–Trinajstić information content (AvgIpc) is 3.21. The normalized spacial score (nSPS) is 11.2. The molecule has 0 saturated heterocycles. The molecule has 0 atom stereocenters. The van der Waals surface area contributed by atoms with Crippen molar-refractivity contribution in [3.63, 3.8) is 0 Å². The van der Waals surface area contributed by atoms with Crippen molar-refractivity contribution < 1.29 is 0 Å². The number of hydrogen-bond acceptors (Lipinski definition) is 5. The summed E-state index contributed by atoms with van der Waals surface area (Å²) in [6.45, 7) is 0. The highest BCUT2D eigenvalue weighted by Gasteiger charge is 2.15. The van der Waals surface area contributed by atoms with Crippen LogP contribution in [0, 0.1) is 0 Å². The van der Waals surface area contributed by atoms with Crippen LogP contribution in [0.3, 0.4) is 0 Å². The Hall–Kier alpha value is -6.85. The Morgan fingerprint density at radius 3 is 1.52 bits per heavy atom. The lowest BCUT2D eigenvalue weighted by atomic mass is 10.0. The van der Waals surface area contributed by atoms with Gasteiger partial charge in [0.1, 0.15) is 0 Å². The Labute approximate surface area is 289 Å². The smallest absolute Gasteiger partial charge is 0.160 e. The van der Waals surface area contributed by atoms with Crippen LogP contribution in [-0.4, -0.2) is 24.9 Å². The van der Waals surface area contributed by atoms with Crippen LogP contribution >= 0.6 is 0 Å². The molecule has 0 amide bonds. The molecule has 0 saturated carbocycles. The summed E-state index contributed by atoms with van der Waals surface area (Å²) in [6.07, 6.45) is 3.62. The van der Waals surface area contributed by atoms with Gasteiger partial charge in [0.25, 0.3) is 0 Å². The van der Waals surface area contributed by atoms with E-state index in [9.17, 15) is 0 Å². The van der Waals surface area contributed by atoms with E-state index in [1.807, 2.05) is 48.7 Å². The van der Waals surface area contributed by atoms with E-state index in [4.69, 9.17) is 19.9 Å². The zero-order chi connectivity index (χ0) is 33.3. The minimum Gasteiger partial charge on any atom is -0.255 e. The molecule has 0 fully saturated rings. The first-order chi connectivity index (χ1) is 24.7. The van der Waals surface area contributed by atoms with Gasteiger partial charge in [-0.25, -0.2) is 15.0 Å². The maximum atomic E-state index is 5.16. The lowest BCUT2D eigenvalue weighted by Crippen LogP contribution is -1.97. The van der Waals surface area contributed by atoms with E-state index in [1.165, 1.54) is 10.8 Å². The average molecular weight is 640 g/mol. The highest BCUT2D eigenvalue weighted by atomic mass is 14.9. The van der Waals surface area contributed by atoms with Crippen molar-refractivity contribution >= 4 is 21.5 Å². The molecular weight excluding hydrogens is 611 g/mol. The quantitative estimate of drug-likeness (QED) is 0.181. The molecule has 0 spiro atoms. The first kappa shape index (κ1) is 29.3. The molecule has 5 nitrogen and oxygen atoms in total. The molecule has 0 radical (unpaired) electrons.